The summed E-state index contributed by atoms with van der Waals surface area (Å²) in [6.45, 7) is 4.69. The summed E-state index contributed by atoms with van der Waals surface area (Å²) in [5.74, 6) is 0. The van der Waals surface area contributed by atoms with E-state index in [1.807, 2.05) is 18.2 Å². The number of rotatable bonds is 6. The van der Waals surface area contributed by atoms with Crippen molar-refractivity contribution in [1.82, 2.24) is 0 Å². The monoisotopic (exact) mass is 819 g/mol. The molecule has 0 unspecified atom stereocenters. The van der Waals surface area contributed by atoms with Crippen molar-refractivity contribution in [3.05, 3.63) is 223 Å². The average Bonchev–Trinajstić information content (AvgIpc) is 4.00. The maximum absolute atomic E-state index is 7.01. The van der Waals surface area contributed by atoms with Gasteiger partial charge in [0.05, 0.1) is 0 Å². The van der Waals surface area contributed by atoms with Crippen LogP contribution in [0.4, 0.5) is 17.1 Å². The third-order valence-corrected chi connectivity index (χ3v) is 13.7. The lowest BCUT2D eigenvalue weighted by atomic mass is 9.82. The van der Waals surface area contributed by atoms with Crippen molar-refractivity contribution in [3.63, 3.8) is 0 Å². The minimum absolute atomic E-state index is 0.125. The third-order valence-electron chi connectivity index (χ3n) is 13.7. The minimum atomic E-state index is -0.125. The van der Waals surface area contributed by atoms with Crippen molar-refractivity contribution in [2.45, 2.75) is 19.3 Å². The van der Waals surface area contributed by atoms with Crippen LogP contribution in [-0.2, 0) is 5.41 Å². The Bertz CT molecular complexity index is 3800. The van der Waals surface area contributed by atoms with E-state index in [2.05, 4.69) is 213 Å². The van der Waals surface area contributed by atoms with Gasteiger partial charge < -0.3 is 13.7 Å². The molecule has 0 fully saturated rings. The molecule has 0 aliphatic heterocycles. The Balaban J connectivity index is 0.981. The summed E-state index contributed by atoms with van der Waals surface area (Å²) in [7, 11) is 0. The Morgan fingerprint density at radius 2 is 0.938 bits per heavy atom. The second-order valence-electron chi connectivity index (χ2n) is 17.6. The zero-order valence-electron chi connectivity index (χ0n) is 35.5. The maximum atomic E-state index is 7.01. The lowest BCUT2D eigenvalue weighted by Crippen LogP contribution is -2.16. The summed E-state index contributed by atoms with van der Waals surface area (Å²) >= 11 is 0. The average molecular weight is 820 g/mol. The first kappa shape index (κ1) is 36.5. The molecule has 1 aliphatic rings. The van der Waals surface area contributed by atoms with Crippen LogP contribution >= 0.6 is 0 Å². The molecular formula is C61H41NO2. The van der Waals surface area contributed by atoms with Gasteiger partial charge in [-0.25, -0.2) is 0 Å². The Labute approximate surface area is 371 Å². The Morgan fingerprint density at radius 1 is 0.344 bits per heavy atom. The van der Waals surface area contributed by atoms with E-state index in [-0.39, 0.29) is 5.41 Å². The van der Waals surface area contributed by atoms with Crippen molar-refractivity contribution in [2.75, 3.05) is 4.90 Å². The van der Waals surface area contributed by atoms with Crippen molar-refractivity contribution in [1.29, 1.82) is 0 Å². The molecule has 64 heavy (non-hydrogen) atoms. The molecule has 0 saturated carbocycles. The quantitative estimate of drug-likeness (QED) is 0.167. The largest absolute Gasteiger partial charge is 0.456 e. The summed E-state index contributed by atoms with van der Waals surface area (Å²) in [5.41, 5.74) is 18.7. The Morgan fingerprint density at radius 3 is 1.75 bits per heavy atom. The number of fused-ring (bicyclic) bond motifs is 11. The molecule has 0 saturated heterocycles. The first-order chi connectivity index (χ1) is 31.5. The molecule has 13 rings (SSSR count). The van der Waals surface area contributed by atoms with Gasteiger partial charge in [0.2, 0.25) is 0 Å². The summed E-state index contributed by atoms with van der Waals surface area (Å²) in [5, 5.41) is 6.75. The van der Waals surface area contributed by atoms with Crippen molar-refractivity contribution >= 4 is 71.7 Å². The number of furan rings is 2. The zero-order valence-corrected chi connectivity index (χ0v) is 35.5. The fourth-order valence-electron chi connectivity index (χ4n) is 10.5. The van der Waals surface area contributed by atoms with Crippen molar-refractivity contribution in [3.8, 4) is 44.5 Å². The van der Waals surface area contributed by atoms with Gasteiger partial charge in [0, 0.05) is 49.6 Å². The number of anilines is 3. The third kappa shape index (κ3) is 5.54. The van der Waals surface area contributed by atoms with Gasteiger partial charge in [-0.3, -0.25) is 0 Å². The van der Waals surface area contributed by atoms with Gasteiger partial charge >= 0.3 is 0 Å². The van der Waals surface area contributed by atoms with Crippen molar-refractivity contribution < 1.29 is 8.83 Å². The molecule has 0 N–H and O–H groups in total. The van der Waals surface area contributed by atoms with Crippen LogP contribution in [0, 0.1) is 0 Å². The number of benzene rings is 10. The number of nitrogens with zero attached hydrogens (tertiary/aromatic N) is 1. The summed E-state index contributed by atoms with van der Waals surface area (Å²) in [4.78, 5) is 2.39. The molecule has 3 heteroatoms. The summed E-state index contributed by atoms with van der Waals surface area (Å²) in [6.07, 6.45) is 0. The highest BCUT2D eigenvalue weighted by Gasteiger charge is 2.36. The maximum Gasteiger partial charge on any atom is 0.143 e. The van der Waals surface area contributed by atoms with E-state index in [0.717, 1.165) is 83.2 Å². The van der Waals surface area contributed by atoms with E-state index in [1.54, 1.807) is 0 Å². The van der Waals surface area contributed by atoms with Crippen LogP contribution in [0.25, 0.3) is 99.2 Å². The highest BCUT2D eigenvalue weighted by atomic mass is 16.3. The van der Waals surface area contributed by atoms with Crippen LogP contribution < -0.4 is 4.90 Å². The SMILES string of the molecule is CC1(C)c2ccccc2-c2ccc(N(c3ccc(-c4ccccc4)cc3)c3ccc(-c4ccc(-c5ccc6ccccc6c5)c5c4oc4ccc6oc7ccccc7c6c45)cc3)cc21. The molecule has 0 bridgehead atoms. The van der Waals surface area contributed by atoms with Crippen LogP contribution in [0.1, 0.15) is 25.0 Å². The van der Waals surface area contributed by atoms with Crippen LogP contribution in [0.15, 0.2) is 221 Å². The van der Waals surface area contributed by atoms with E-state index in [0.29, 0.717) is 0 Å². The number of hydrogen-bond donors (Lipinski definition) is 0. The van der Waals surface area contributed by atoms with Gasteiger partial charge in [-0.15, -0.1) is 0 Å². The van der Waals surface area contributed by atoms with Crippen LogP contribution in [-0.4, -0.2) is 0 Å². The lowest BCUT2D eigenvalue weighted by molar-refractivity contribution is 0.660. The molecule has 0 spiro atoms. The fraction of sp³-hybridized carbons (Fsp3) is 0.0492. The molecule has 1 aliphatic carbocycles. The van der Waals surface area contributed by atoms with E-state index < -0.39 is 0 Å². The standard InChI is InChI=1S/C61H41NO2/c1-61(2)52-18-10-8-16-49(52)50-31-30-46(37-53(50)61)62(44-26-22-40(23-27-44)38-12-4-3-5-13-38)45-28-24-41(25-29-45)48-33-32-47(43-21-20-39-14-6-7-15-42(39)36-43)58-59-56(64-60(48)58)35-34-55-57(59)51-17-9-11-19-54(51)63-55/h3-37H,1-2H3. The number of para-hydroxylation sites is 1. The first-order valence-corrected chi connectivity index (χ1v) is 22.1. The van der Waals surface area contributed by atoms with Gasteiger partial charge in [0.25, 0.3) is 0 Å². The van der Waals surface area contributed by atoms with Gasteiger partial charge in [-0.1, -0.05) is 159 Å². The van der Waals surface area contributed by atoms with Gasteiger partial charge in [0.1, 0.15) is 22.3 Å². The second kappa shape index (κ2) is 13.9. The molecule has 0 radical (unpaired) electrons. The molecule has 10 aromatic carbocycles. The molecule has 0 amide bonds. The van der Waals surface area contributed by atoms with E-state index >= 15 is 0 Å². The Kier molecular flexibility index (Phi) is 7.95. The fourth-order valence-corrected chi connectivity index (χ4v) is 10.5. The Hall–Kier alpha value is -8.14. The van der Waals surface area contributed by atoms with E-state index in [9.17, 15) is 0 Å². The molecule has 0 atom stereocenters. The predicted octanol–water partition coefficient (Wildman–Crippen LogP) is 17.4. The van der Waals surface area contributed by atoms with Crippen molar-refractivity contribution in [2.24, 2.45) is 0 Å². The molecular weight excluding hydrogens is 779 g/mol. The van der Waals surface area contributed by atoms with Crippen LogP contribution in [0.5, 0.6) is 0 Å². The summed E-state index contributed by atoms with van der Waals surface area (Å²) < 4.78 is 13.5. The van der Waals surface area contributed by atoms with E-state index in [4.69, 9.17) is 8.83 Å². The lowest BCUT2D eigenvalue weighted by Gasteiger charge is -2.28. The molecule has 12 aromatic rings. The van der Waals surface area contributed by atoms with Gasteiger partial charge in [-0.05, 0) is 128 Å². The van der Waals surface area contributed by atoms with Crippen LogP contribution in [0.2, 0.25) is 0 Å². The molecule has 2 aromatic heterocycles. The van der Waals surface area contributed by atoms with Crippen LogP contribution in [0.3, 0.4) is 0 Å². The second-order valence-corrected chi connectivity index (χ2v) is 17.6. The molecule has 302 valence electrons. The number of hydrogen-bond acceptors (Lipinski definition) is 3. The van der Waals surface area contributed by atoms with Gasteiger partial charge in [-0.2, -0.15) is 0 Å². The zero-order chi connectivity index (χ0) is 42.5. The molecule has 3 nitrogen and oxygen atoms in total. The molecule has 2 heterocycles. The summed E-state index contributed by atoms with van der Waals surface area (Å²) in [6, 6.07) is 76.6. The predicted molar refractivity (Wildman–Crippen MR) is 267 cm³/mol. The topological polar surface area (TPSA) is 29.5 Å². The highest BCUT2D eigenvalue weighted by Crippen LogP contribution is 2.51. The smallest absolute Gasteiger partial charge is 0.143 e. The highest BCUT2D eigenvalue weighted by molar-refractivity contribution is 6.29. The first-order valence-electron chi connectivity index (χ1n) is 22.1. The van der Waals surface area contributed by atoms with E-state index in [1.165, 1.54) is 44.2 Å². The van der Waals surface area contributed by atoms with Gasteiger partial charge in [0.15, 0.2) is 0 Å². The minimum Gasteiger partial charge on any atom is -0.456 e. The normalized spacial score (nSPS) is 13.0.